The number of hydrogen-bond acceptors (Lipinski definition) is 2. The Bertz CT molecular complexity index is 354. The second kappa shape index (κ2) is 4.05. The van der Waals surface area contributed by atoms with Crippen molar-refractivity contribution in [3.63, 3.8) is 0 Å². The normalized spacial score (nSPS) is 14.9. The van der Waals surface area contributed by atoms with Gasteiger partial charge in [-0.2, -0.15) is 0 Å². The highest BCUT2D eigenvalue weighted by molar-refractivity contribution is 9.10. The summed E-state index contributed by atoms with van der Waals surface area (Å²) in [5.74, 6) is 0.898. The average molecular weight is 254 g/mol. The van der Waals surface area contributed by atoms with Gasteiger partial charge in [-0.05, 0) is 28.1 Å². The maximum atomic E-state index is 5.20. The van der Waals surface area contributed by atoms with Crippen LogP contribution >= 0.6 is 15.9 Å². The first-order chi connectivity index (χ1) is 6.81. The average Bonchev–Trinajstić information content (AvgIpc) is 2.71. The highest BCUT2D eigenvalue weighted by Crippen LogP contribution is 2.31. The fourth-order valence-electron chi connectivity index (χ4n) is 1.54. The molecule has 0 unspecified atom stereocenters. The van der Waals surface area contributed by atoms with Gasteiger partial charge in [0.05, 0.1) is 12.8 Å². The van der Waals surface area contributed by atoms with E-state index in [1.807, 2.05) is 12.1 Å². The molecule has 0 saturated carbocycles. The predicted octanol–water partition coefficient (Wildman–Crippen LogP) is 2.83. The molecule has 1 heterocycles. The van der Waals surface area contributed by atoms with Crippen molar-refractivity contribution in [1.82, 2.24) is 0 Å². The minimum atomic E-state index is 0.898. The molecule has 1 aromatic carbocycles. The molecule has 1 aliphatic heterocycles. The number of benzene rings is 1. The van der Waals surface area contributed by atoms with Crippen molar-refractivity contribution in [1.29, 1.82) is 0 Å². The van der Waals surface area contributed by atoms with Crippen molar-refractivity contribution < 1.29 is 4.74 Å². The van der Waals surface area contributed by atoms with E-state index in [0.29, 0.717) is 0 Å². The van der Waals surface area contributed by atoms with Crippen molar-refractivity contribution in [2.24, 2.45) is 0 Å². The molecule has 0 saturated heterocycles. The van der Waals surface area contributed by atoms with Crippen LogP contribution in [0, 0.1) is 0 Å². The van der Waals surface area contributed by atoms with Gasteiger partial charge in [0.2, 0.25) is 0 Å². The summed E-state index contributed by atoms with van der Waals surface area (Å²) < 4.78 is 6.31. The van der Waals surface area contributed by atoms with E-state index in [-0.39, 0.29) is 0 Å². The second-order valence-corrected chi connectivity index (χ2v) is 4.05. The van der Waals surface area contributed by atoms with E-state index in [4.69, 9.17) is 4.74 Å². The third kappa shape index (κ3) is 1.77. The molecule has 14 heavy (non-hydrogen) atoms. The fraction of sp³-hybridized carbons (Fsp3) is 0.273. The lowest BCUT2D eigenvalue weighted by Gasteiger charge is -2.19. The Labute approximate surface area is 92.3 Å². The van der Waals surface area contributed by atoms with Crippen LogP contribution in [0.25, 0.3) is 0 Å². The van der Waals surface area contributed by atoms with Crippen molar-refractivity contribution >= 4 is 21.6 Å². The Hall–Kier alpha value is -0.960. The highest BCUT2D eigenvalue weighted by Gasteiger charge is 2.11. The predicted molar refractivity (Wildman–Crippen MR) is 62.0 cm³/mol. The first-order valence-electron chi connectivity index (χ1n) is 4.55. The van der Waals surface area contributed by atoms with Crippen LogP contribution in [0.1, 0.15) is 0 Å². The summed E-state index contributed by atoms with van der Waals surface area (Å²) in [5, 5.41) is 0. The molecule has 0 atom stereocenters. The van der Waals surface area contributed by atoms with E-state index < -0.39 is 0 Å². The summed E-state index contributed by atoms with van der Waals surface area (Å²) in [6, 6.07) is 6.03. The van der Waals surface area contributed by atoms with Gasteiger partial charge in [0.25, 0.3) is 0 Å². The smallest absolute Gasteiger partial charge is 0.121 e. The molecule has 0 fully saturated rings. The molecular weight excluding hydrogens is 242 g/mol. The van der Waals surface area contributed by atoms with Crippen LogP contribution in [0.4, 0.5) is 5.69 Å². The number of methoxy groups -OCH3 is 1. The summed E-state index contributed by atoms with van der Waals surface area (Å²) in [5.41, 5.74) is 1.19. The zero-order chi connectivity index (χ0) is 9.97. The van der Waals surface area contributed by atoms with Gasteiger partial charge < -0.3 is 9.64 Å². The third-order valence-electron chi connectivity index (χ3n) is 2.31. The monoisotopic (exact) mass is 253 g/mol. The molecule has 0 N–H and O–H groups in total. The second-order valence-electron chi connectivity index (χ2n) is 3.19. The van der Waals surface area contributed by atoms with E-state index in [2.05, 4.69) is 39.0 Å². The quantitative estimate of drug-likeness (QED) is 0.752. The van der Waals surface area contributed by atoms with Crippen molar-refractivity contribution in [3.8, 4) is 5.75 Å². The third-order valence-corrected chi connectivity index (χ3v) is 2.98. The molecule has 74 valence electrons. The minimum Gasteiger partial charge on any atom is -0.497 e. The van der Waals surface area contributed by atoms with Gasteiger partial charge in [0, 0.05) is 23.6 Å². The van der Waals surface area contributed by atoms with Crippen LogP contribution in [-0.2, 0) is 0 Å². The van der Waals surface area contributed by atoms with Crippen LogP contribution in [0.15, 0.2) is 34.8 Å². The number of rotatable bonds is 2. The molecule has 1 aliphatic rings. The maximum absolute atomic E-state index is 5.20. The zero-order valence-corrected chi connectivity index (χ0v) is 9.62. The van der Waals surface area contributed by atoms with E-state index in [1.54, 1.807) is 7.11 Å². The molecule has 0 bridgehead atoms. The summed E-state index contributed by atoms with van der Waals surface area (Å²) in [6.07, 6.45) is 4.35. The van der Waals surface area contributed by atoms with E-state index >= 15 is 0 Å². The van der Waals surface area contributed by atoms with Crippen molar-refractivity contribution in [2.45, 2.75) is 0 Å². The Kier molecular flexibility index (Phi) is 2.77. The van der Waals surface area contributed by atoms with Crippen LogP contribution < -0.4 is 9.64 Å². The lowest BCUT2D eigenvalue weighted by Crippen LogP contribution is -2.18. The largest absolute Gasteiger partial charge is 0.497 e. The lowest BCUT2D eigenvalue weighted by atomic mass is 10.3. The van der Waals surface area contributed by atoms with Gasteiger partial charge in [0.1, 0.15) is 5.75 Å². The topological polar surface area (TPSA) is 12.5 Å². The lowest BCUT2D eigenvalue weighted by molar-refractivity contribution is 0.415. The molecule has 0 amide bonds. The number of anilines is 1. The Morgan fingerprint density at radius 1 is 1.29 bits per heavy atom. The van der Waals surface area contributed by atoms with Crippen molar-refractivity contribution in [3.05, 3.63) is 34.8 Å². The fourth-order valence-corrected chi connectivity index (χ4v) is 2.03. The van der Waals surface area contributed by atoms with Gasteiger partial charge in [0.15, 0.2) is 0 Å². The molecule has 0 radical (unpaired) electrons. The first-order valence-corrected chi connectivity index (χ1v) is 5.34. The first kappa shape index (κ1) is 9.59. The van der Waals surface area contributed by atoms with Gasteiger partial charge in [-0.3, -0.25) is 0 Å². The molecule has 1 aromatic rings. The molecule has 0 spiro atoms. The van der Waals surface area contributed by atoms with Crippen LogP contribution in [0.2, 0.25) is 0 Å². The summed E-state index contributed by atoms with van der Waals surface area (Å²) >= 11 is 3.54. The Morgan fingerprint density at radius 2 is 2.00 bits per heavy atom. The molecule has 2 rings (SSSR count). The SMILES string of the molecule is COc1ccc(Br)c(N2CC=CC2)c1. The van der Waals surface area contributed by atoms with Crippen LogP contribution in [0.5, 0.6) is 5.75 Å². The van der Waals surface area contributed by atoms with E-state index in [0.717, 1.165) is 23.3 Å². The van der Waals surface area contributed by atoms with E-state index in [9.17, 15) is 0 Å². The number of ether oxygens (including phenoxy) is 1. The van der Waals surface area contributed by atoms with E-state index in [1.165, 1.54) is 5.69 Å². The molecule has 0 aromatic heterocycles. The highest BCUT2D eigenvalue weighted by atomic mass is 79.9. The summed E-state index contributed by atoms with van der Waals surface area (Å²) in [4.78, 5) is 2.28. The standard InChI is InChI=1S/C11H12BrNO/c1-14-9-4-5-10(12)11(8-9)13-6-2-3-7-13/h2-5,8H,6-7H2,1H3. The number of nitrogens with zero attached hydrogens (tertiary/aromatic N) is 1. The van der Waals surface area contributed by atoms with Gasteiger partial charge in [-0.15, -0.1) is 0 Å². The number of hydrogen-bond donors (Lipinski definition) is 0. The van der Waals surface area contributed by atoms with Gasteiger partial charge in [-0.25, -0.2) is 0 Å². The van der Waals surface area contributed by atoms with Crippen LogP contribution in [-0.4, -0.2) is 20.2 Å². The summed E-state index contributed by atoms with van der Waals surface area (Å²) in [6.45, 7) is 1.96. The molecular formula is C11H12BrNO. The zero-order valence-electron chi connectivity index (χ0n) is 8.03. The number of halogens is 1. The van der Waals surface area contributed by atoms with Gasteiger partial charge in [-0.1, -0.05) is 12.2 Å². The van der Waals surface area contributed by atoms with Gasteiger partial charge >= 0.3 is 0 Å². The summed E-state index contributed by atoms with van der Waals surface area (Å²) in [7, 11) is 1.69. The Morgan fingerprint density at radius 3 is 2.64 bits per heavy atom. The minimum absolute atomic E-state index is 0.898. The molecule has 3 heteroatoms. The molecule has 2 nitrogen and oxygen atoms in total. The van der Waals surface area contributed by atoms with Crippen LogP contribution in [0.3, 0.4) is 0 Å². The van der Waals surface area contributed by atoms with Crippen molar-refractivity contribution in [2.75, 3.05) is 25.1 Å². The maximum Gasteiger partial charge on any atom is 0.121 e. The Balaban J connectivity index is 2.30. The molecule has 0 aliphatic carbocycles.